The van der Waals surface area contributed by atoms with Gasteiger partial charge in [0, 0.05) is 12.5 Å². The highest BCUT2D eigenvalue weighted by molar-refractivity contribution is 5.95. The monoisotopic (exact) mass is 363 g/mol. The summed E-state index contributed by atoms with van der Waals surface area (Å²) in [6, 6.07) is -0.321. The van der Waals surface area contributed by atoms with Gasteiger partial charge in [-0.25, -0.2) is 4.79 Å². The maximum atomic E-state index is 12.4. The van der Waals surface area contributed by atoms with Crippen molar-refractivity contribution in [1.29, 1.82) is 0 Å². The number of hydrogen-bond donors (Lipinski definition) is 3. The molecule has 0 atom stereocenters. The second-order valence-electron chi connectivity index (χ2n) is 9.13. The van der Waals surface area contributed by atoms with Crippen molar-refractivity contribution in [3.05, 3.63) is 0 Å². The smallest absolute Gasteiger partial charge is 0.322 e. The highest BCUT2D eigenvalue weighted by Gasteiger charge is 2.51. The first-order chi connectivity index (χ1) is 12.4. The summed E-state index contributed by atoms with van der Waals surface area (Å²) in [7, 11) is 0. The number of amides is 4. The summed E-state index contributed by atoms with van der Waals surface area (Å²) in [4.78, 5) is 39.0. The third kappa shape index (κ3) is 3.72. The van der Waals surface area contributed by atoms with E-state index in [2.05, 4.69) is 10.6 Å². The Morgan fingerprint density at radius 2 is 1.54 bits per heavy atom. The Labute approximate surface area is 154 Å². The fraction of sp³-hybridized carbons (Fsp3) is 0.842. The molecule has 5 fully saturated rings. The second-order valence-corrected chi connectivity index (χ2v) is 9.13. The van der Waals surface area contributed by atoms with Gasteiger partial charge in [0.2, 0.25) is 5.91 Å². The Bertz CT molecular complexity index is 562. The molecule has 0 unspecified atom stereocenters. The first-order valence-corrected chi connectivity index (χ1v) is 10.1. The van der Waals surface area contributed by atoms with Gasteiger partial charge in [0.15, 0.2) is 6.54 Å². The van der Waals surface area contributed by atoms with Crippen LogP contribution >= 0.6 is 0 Å². The molecule has 0 aromatic heterocycles. The van der Waals surface area contributed by atoms with Gasteiger partial charge in [0.1, 0.15) is 0 Å². The van der Waals surface area contributed by atoms with Crippen molar-refractivity contribution in [1.82, 2.24) is 15.5 Å². The number of rotatable bonds is 3. The first kappa shape index (κ1) is 17.8. The molecule has 3 N–H and O–H groups in total. The number of urea groups is 1. The second kappa shape index (κ2) is 6.83. The lowest BCUT2D eigenvalue weighted by molar-refractivity contribution is -0.896. The third-order valence-corrected chi connectivity index (χ3v) is 7.00. The Balaban J connectivity index is 1.24. The Morgan fingerprint density at radius 3 is 2.04 bits per heavy atom. The molecule has 4 bridgehead atoms. The number of nitrogens with one attached hydrogen (secondary N) is 3. The molecule has 7 heteroatoms. The number of quaternary nitrogens is 1. The summed E-state index contributed by atoms with van der Waals surface area (Å²) < 4.78 is 0. The normalized spacial score (nSPS) is 36.0. The summed E-state index contributed by atoms with van der Waals surface area (Å²) in [5.41, 5.74) is -0.0704. The van der Waals surface area contributed by atoms with Crippen molar-refractivity contribution in [2.24, 2.45) is 17.8 Å². The van der Waals surface area contributed by atoms with Crippen LogP contribution in [0.1, 0.15) is 45.4 Å². The van der Waals surface area contributed by atoms with Crippen molar-refractivity contribution in [3.8, 4) is 0 Å². The summed E-state index contributed by atoms with van der Waals surface area (Å²) in [5, 5.41) is 5.73. The Hall–Kier alpha value is -1.63. The van der Waals surface area contributed by atoms with Crippen LogP contribution in [0.15, 0.2) is 0 Å². The van der Waals surface area contributed by atoms with E-state index in [9.17, 15) is 14.4 Å². The molecule has 144 valence electrons. The molecule has 4 saturated carbocycles. The van der Waals surface area contributed by atoms with E-state index < -0.39 is 0 Å². The minimum absolute atomic E-state index is 0.0704. The molecule has 26 heavy (non-hydrogen) atoms. The van der Waals surface area contributed by atoms with Crippen LogP contribution in [-0.2, 0) is 9.59 Å². The zero-order chi connectivity index (χ0) is 18.3. The van der Waals surface area contributed by atoms with Crippen LogP contribution in [0.5, 0.6) is 0 Å². The zero-order valence-electron chi connectivity index (χ0n) is 15.7. The summed E-state index contributed by atoms with van der Waals surface area (Å²) in [5.74, 6) is 2.15. The molecule has 1 aliphatic heterocycles. The molecular formula is C19H31N4O3+. The highest BCUT2D eigenvalue weighted by atomic mass is 16.2. The summed E-state index contributed by atoms with van der Waals surface area (Å²) >= 11 is 0. The molecule has 5 rings (SSSR count). The number of carbonyl (C=O) groups is 3. The maximum absolute atomic E-state index is 12.4. The quantitative estimate of drug-likeness (QED) is 0.634. The number of hydrogen-bond acceptors (Lipinski definition) is 3. The van der Waals surface area contributed by atoms with Crippen molar-refractivity contribution >= 4 is 17.8 Å². The molecule has 7 nitrogen and oxygen atoms in total. The maximum Gasteiger partial charge on any atom is 0.322 e. The van der Waals surface area contributed by atoms with E-state index in [0.29, 0.717) is 19.6 Å². The SMILES string of the molecule is CC(=O)N1CC[NH+](CC(=O)NC(=O)NC23CC4CC(CC(C4)C2)C3)CC1. The van der Waals surface area contributed by atoms with Crippen molar-refractivity contribution < 1.29 is 19.3 Å². The van der Waals surface area contributed by atoms with E-state index in [1.807, 2.05) is 0 Å². The van der Waals surface area contributed by atoms with Crippen molar-refractivity contribution in [3.63, 3.8) is 0 Å². The fourth-order valence-corrected chi connectivity index (χ4v) is 6.25. The van der Waals surface area contributed by atoms with Gasteiger partial charge >= 0.3 is 6.03 Å². The minimum Gasteiger partial charge on any atom is -0.332 e. The Morgan fingerprint density at radius 1 is 1.00 bits per heavy atom. The van der Waals surface area contributed by atoms with E-state index in [-0.39, 0.29) is 23.4 Å². The molecule has 0 aromatic rings. The molecule has 0 spiro atoms. The molecule has 4 aliphatic carbocycles. The van der Waals surface area contributed by atoms with Gasteiger partial charge in [-0.05, 0) is 56.3 Å². The topological polar surface area (TPSA) is 83.0 Å². The average molecular weight is 363 g/mol. The lowest BCUT2D eigenvalue weighted by atomic mass is 9.53. The lowest BCUT2D eigenvalue weighted by Gasteiger charge is -2.56. The number of imide groups is 1. The Kier molecular flexibility index (Phi) is 4.67. The summed E-state index contributed by atoms with van der Waals surface area (Å²) in [6.07, 6.45) is 7.24. The molecule has 0 aromatic carbocycles. The van der Waals surface area contributed by atoms with Gasteiger partial charge in [-0.2, -0.15) is 0 Å². The third-order valence-electron chi connectivity index (χ3n) is 7.00. The van der Waals surface area contributed by atoms with Crippen LogP contribution in [0.2, 0.25) is 0 Å². The predicted octanol–water partition coefficient (Wildman–Crippen LogP) is -0.472. The van der Waals surface area contributed by atoms with Crippen LogP contribution in [0, 0.1) is 17.8 Å². The molecular weight excluding hydrogens is 332 g/mol. The van der Waals surface area contributed by atoms with Gasteiger partial charge in [-0.3, -0.25) is 14.9 Å². The van der Waals surface area contributed by atoms with Gasteiger partial charge < -0.3 is 15.1 Å². The molecule has 1 heterocycles. The van der Waals surface area contributed by atoms with E-state index in [4.69, 9.17) is 0 Å². The molecule has 4 amide bonds. The van der Waals surface area contributed by atoms with E-state index >= 15 is 0 Å². The van der Waals surface area contributed by atoms with E-state index in [1.54, 1.807) is 11.8 Å². The minimum atomic E-state index is -0.321. The fourth-order valence-electron chi connectivity index (χ4n) is 6.25. The predicted molar refractivity (Wildman–Crippen MR) is 95.4 cm³/mol. The standard InChI is InChI=1S/C19H30N4O3/c1-13(24)23-4-2-22(3-5-23)12-17(25)20-18(26)21-19-9-14-6-15(10-19)8-16(7-14)11-19/h14-16H,2-12H2,1H3,(H2,20,21,25,26)/p+1. The van der Waals surface area contributed by atoms with Gasteiger partial charge in [-0.15, -0.1) is 0 Å². The lowest BCUT2D eigenvalue weighted by Crippen LogP contribution is -3.15. The number of nitrogens with zero attached hydrogens (tertiary/aromatic N) is 1. The molecule has 0 radical (unpaired) electrons. The van der Waals surface area contributed by atoms with Crippen LogP contribution in [0.4, 0.5) is 4.79 Å². The number of piperazine rings is 1. The van der Waals surface area contributed by atoms with Crippen molar-refractivity contribution in [2.75, 3.05) is 32.7 Å². The number of carbonyl (C=O) groups excluding carboxylic acids is 3. The van der Waals surface area contributed by atoms with E-state index in [0.717, 1.165) is 55.0 Å². The van der Waals surface area contributed by atoms with Crippen LogP contribution in [-0.4, -0.2) is 61.0 Å². The van der Waals surface area contributed by atoms with Crippen LogP contribution < -0.4 is 15.5 Å². The molecule has 5 aliphatic rings. The van der Waals surface area contributed by atoms with Crippen LogP contribution in [0.3, 0.4) is 0 Å². The first-order valence-electron chi connectivity index (χ1n) is 10.1. The molecule has 1 saturated heterocycles. The summed E-state index contributed by atoms with van der Waals surface area (Å²) in [6.45, 7) is 4.73. The van der Waals surface area contributed by atoms with Gasteiger partial charge in [-0.1, -0.05) is 0 Å². The average Bonchev–Trinajstić information content (AvgIpc) is 2.53. The van der Waals surface area contributed by atoms with Crippen LogP contribution in [0.25, 0.3) is 0 Å². The largest absolute Gasteiger partial charge is 0.332 e. The van der Waals surface area contributed by atoms with Gasteiger partial charge in [0.25, 0.3) is 5.91 Å². The van der Waals surface area contributed by atoms with Crippen molar-refractivity contribution in [2.45, 2.75) is 51.0 Å². The zero-order valence-corrected chi connectivity index (χ0v) is 15.7. The van der Waals surface area contributed by atoms with E-state index in [1.165, 1.54) is 19.3 Å². The highest BCUT2D eigenvalue weighted by Crippen LogP contribution is 2.55. The van der Waals surface area contributed by atoms with Gasteiger partial charge in [0.05, 0.1) is 26.2 Å².